The summed E-state index contributed by atoms with van der Waals surface area (Å²) in [4.78, 5) is 10.1. The van der Waals surface area contributed by atoms with Crippen LogP contribution in [0.25, 0.3) is 0 Å². The maximum Gasteiger partial charge on any atom is 0.397 e. The zero-order valence-corrected chi connectivity index (χ0v) is 9.40. The second kappa shape index (κ2) is 6.63. The topological polar surface area (TPSA) is 17.1 Å². The van der Waals surface area contributed by atoms with Crippen LogP contribution >= 0.6 is 11.6 Å². The Hall–Kier alpha value is -1.24. The van der Waals surface area contributed by atoms with E-state index in [9.17, 15) is 31.1 Å². The number of carbonyl (C=O) groups excluding carboxylic acids is 1. The lowest BCUT2D eigenvalue weighted by atomic mass is 10.2. The smallest absolute Gasteiger partial charge is 0.298 e. The van der Waals surface area contributed by atoms with E-state index in [1.807, 2.05) is 0 Å². The summed E-state index contributed by atoms with van der Waals surface area (Å²) in [6, 6.07) is 6.72. The van der Waals surface area contributed by atoms with Crippen LogP contribution in [0.15, 0.2) is 24.3 Å². The fourth-order valence-electron chi connectivity index (χ4n) is 0.769. The Morgan fingerprint density at radius 1 is 0.944 bits per heavy atom. The fraction of sp³-hybridized carbons (Fsp3) is 0.300. The molecule has 0 saturated carbocycles. The first kappa shape index (κ1) is 16.8. The van der Waals surface area contributed by atoms with Gasteiger partial charge in [-0.05, 0) is 12.1 Å². The largest absolute Gasteiger partial charge is 0.397 e. The van der Waals surface area contributed by atoms with Gasteiger partial charge in [0.1, 0.15) is 12.7 Å². The standard InChI is InChI=1S/C7H5ClO.C3H2F6/c8-7-3-1-6(5-9)2-4-7;4-2(5,6)1-3(7,8)9/h1-5H;1H2. The Morgan fingerprint density at radius 2 is 1.33 bits per heavy atom. The fourth-order valence-corrected chi connectivity index (χ4v) is 0.895. The van der Waals surface area contributed by atoms with Crippen LogP contribution in [0.1, 0.15) is 16.8 Å². The van der Waals surface area contributed by atoms with Crippen molar-refractivity contribution in [2.45, 2.75) is 18.8 Å². The molecule has 0 N–H and O–H groups in total. The summed E-state index contributed by atoms with van der Waals surface area (Å²) in [5, 5.41) is 0.653. The van der Waals surface area contributed by atoms with Gasteiger partial charge in [-0.3, -0.25) is 4.79 Å². The first-order chi connectivity index (χ1) is 8.03. The molecule has 0 aliphatic heterocycles. The normalized spacial score (nSPS) is 11.5. The maximum atomic E-state index is 10.8. The van der Waals surface area contributed by atoms with E-state index in [0.717, 1.165) is 6.29 Å². The molecule has 0 atom stereocenters. The summed E-state index contributed by atoms with van der Waals surface area (Å²) in [5.41, 5.74) is 0.652. The van der Waals surface area contributed by atoms with E-state index >= 15 is 0 Å². The molecule has 1 nitrogen and oxygen atoms in total. The Labute approximate surface area is 103 Å². The number of alkyl halides is 6. The number of carbonyl (C=O) groups is 1. The predicted octanol–water partition coefficient (Wildman–Crippen LogP) is 4.65. The third kappa shape index (κ3) is 9.95. The van der Waals surface area contributed by atoms with Gasteiger partial charge in [0.05, 0.1) is 0 Å². The number of aldehydes is 1. The van der Waals surface area contributed by atoms with Crippen LogP contribution in [0.5, 0.6) is 0 Å². The van der Waals surface area contributed by atoms with Gasteiger partial charge in [0.25, 0.3) is 0 Å². The number of hydrogen-bond acceptors (Lipinski definition) is 1. The molecule has 0 fully saturated rings. The number of rotatable bonds is 1. The van der Waals surface area contributed by atoms with Crippen LogP contribution in [0.4, 0.5) is 26.3 Å². The third-order valence-corrected chi connectivity index (χ3v) is 1.66. The summed E-state index contributed by atoms with van der Waals surface area (Å²) in [6.07, 6.45) is -12.2. The van der Waals surface area contributed by atoms with Crippen LogP contribution < -0.4 is 0 Å². The molecule has 8 heteroatoms. The second-order valence-corrected chi connectivity index (χ2v) is 3.51. The van der Waals surface area contributed by atoms with Crippen LogP contribution in [0.2, 0.25) is 5.02 Å². The quantitative estimate of drug-likeness (QED) is 0.544. The Bertz CT molecular complexity index is 355. The molecule has 0 bridgehead atoms. The Morgan fingerprint density at radius 3 is 1.56 bits per heavy atom. The Kier molecular flexibility index (Phi) is 6.17. The van der Waals surface area contributed by atoms with Gasteiger partial charge < -0.3 is 0 Å². The van der Waals surface area contributed by atoms with E-state index in [4.69, 9.17) is 11.6 Å². The van der Waals surface area contributed by atoms with Crippen molar-refractivity contribution >= 4 is 17.9 Å². The van der Waals surface area contributed by atoms with Crippen molar-refractivity contribution in [1.29, 1.82) is 0 Å². The summed E-state index contributed by atoms with van der Waals surface area (Å²) in [5.74, 6) is 0. The minimum absolute atomic E-state index is 0.652. The second-order valence-electron chi connectivity index (χ2n) is 3.08. The number of benzene rings is 1. The molecule has 102 valence electrons. The molecule has 0 aliphatic rings. The predicted molar refractivity (Wildman–Crippen MR) is 53.6 cm³/mol. The summed E-state index contributed by atoms with van der Waals surface area (Å²) in [7, 11) is 0. The van der Waals surface area contributed by atoms with Crippen molar-refractivity contribution in [3.05, 3.63) is 34.9 Å². The van der Waals surface area contributed by atoms with E-state index < -0.39 is 18.8 Å². The van der Waals surface area contributed by atoms with Gasteiger partial charge in [-0.15, -0.1) is 0 Å². The number of hydrogen-bond donors (Lipinski definition) is 0. The van der Waals surface area contributed by atoms with Gasteiger partial charge in [0.2, 0.25) is 0 Å². The van der Waals surface area contributed by atoms with Crippen molar-refractivity contribution < 1.29 is 31.1 Å². The zero-order valence-electron chi connectivity index (χ0n) is 8.65. The molecular weight excluding hydrogens is 286 g/mol. The number of halogens is 7. The lowest BCUT2D eigenvalue weighted by Gasteiger charge is -2.08. The van der Waals surface area contributed by atoms with Crippen molar-refractivity contribution in [1.82, 2.24) is 0 Å². The van der Waals surface area contributed by atoms with Crippen LogP contribution in [-0.4, -0.2) is 18.6 Å². The van der Waals surface area contributed by atoms with Crippen LogP contribution in [0, 0.1) is 0 Å². The lowest BCUT2D eigenvalue weighted by Crippen LogP contribution is -2.20. The van der Waals surface area contributed by atoms with Crippen molar-refractivity contribution in [2.24, 2.45) is 0 Å². The van der Waals surface area contributed by atoms with Gasteiger partial charge in [-0.1, -0.05) is 23.7 Å². The highest BCUT2D eigenvalue weighted by Crippen LogP contribution is 2.31. The van der Waals surface area contributed by atoms with E-state index in [1.165, 1.54) is 0 Å². The molecule has 0 unspecified atom stereocenters. The summed E-state index contributed by atoms with van der Waals surface area (Å²) >= 11 is 5.55. The average molecular weight is 293 g/mol. The molecule has 18 heavy (non-hydrogen) atoms. The van der Waals surface area contributed by atoms with Crippen molar-refractivity contribution in [2.75, 3.05) is 0 Å². The first-order valence-corrected chi connectivity index (χ1v) is 4.75. The SMILES string of the molecule is FC(F)(F)CC(F)(F)F.O=Cc1ccc(Cl)cc1. The molecule has 1 aromatic rings. The minimum Gasteiger partial charge on any atom is -0.298 e. The zero-order chi connectivity index (χ0) is 14.4. The molecule has 0 amide bonds. The van der Waals surface area contributed by atoms with Crippen molar-refractivity contribution in [3.63, 3.8) is 0 Å². The molecule has 0 aliphatic carbocycles. The lowest BCUT2D eigenvalue weighted by molar-refractivity contribution is -0.232. The monoisotopic (exact) mass is 292 g/mol. The van der Waals surface area contributed by atoms with Gasteiger partial charge in [0, 0.05) is 10.6 Å². The maximum absolute atomic E-state index is 10.8. The molecular formula is C10H7ClF6O. The van der Waals surface area contributed by atoms with Crippen LogP contribution in [-0.2, 0) is 0 Å². The Balaban J connectivity index is 0.000000321. The first-order valence-electron chi connectivity index (χ1n) is 4.38. The molecule has 1 rings (SSSR count). The highest BCUT2D eigenvalue weighted by atomic mass is 35.5. The van der Waals surface area contributed by atoms with E-state index in [-0.39, 0.29) is 0 Å². The molecule has 0 heterocycles. The highest BCUT2D eigenvalue weighted by Gasteiger charge is 2.43. The molecule has 0 saturated heterocycles. The van der Waals surface area contributed by atoms with Crippen LogP contribution in [0.3, 0.4) is 0 Å². The average Bonchev–Trinajstić information content (AvgIpc) is 2.14. The van der Waals surface area contributed by atoms with E-state index in [1.54, 1.807) is 24.3 Å². The highest BCUT2D eigenvalue weighted by molar-refractivity contribution is 6.30. The van der Waals surface area contributed by atoms with Crippen molar-refractivity contribution in [3.8, 4) is 0 Å². The summed E-state index contributed by atoms with van der Waals surface area (Å²) in [6.45, 7) is 0. The molecule has 0 aromatic heterocycles. The molecule has 0 radical (unpaired) electrons. The van der Waals surface area contributed by atoms with E-state index in [0.29, 0.717) is 10.6 Å². The van der Waals surface area contributed by atoms with Gasteiger partial charge >= 0.3 is 12.4 Å². The van der Waals surface area contributed by atoms with Gasteiger partial charge in [-0.25, -0.2) is 0 Å². The van der Waals surface area contributed by atoms with E-state index in [2.05, 4.69) is 0 Å². The summed E-state index contributed by atoms with van der Waals surface area (Å²) < 4.78 is 65.0. The minimum atomic E-state index is -5.14. The molecule has 1 aromatic carbocycles. The third-order valence-electron chi connectivity index (χ3n) is 1.41. The van der Waals surface area contributed by atoms with Gasteiger partial charge in [0.15, 0.2) is 0 Å². The molecule has 0 spiro atoms. The van der Waals surface area contributed by atoms with Gasteiger partial charge in [-0.2, -0.15) is 26.3 Å².